The predicted molar refractivity (Wildman–Crippen MR) is 71.2 cm³/mol. The predicted octanol–water partition coefficient (Wildman–Crippen LogP) is 1.69. The van der Waals surface area contributed by atoms with Gasteiger partial charge in [0.1, 0.15) is 0 Å². The molecular weight excluding hydrogens is 214 g/mol. The van der Waals surface area contributed by atoms with Gasteiger partial charge in [0.15, 0.2) is 0 Å². The van der Waals surface area contributed by atoms with Gasteiger partial charge in [-0.05, 0) is 37.0 Å². The van der Waals surface area contributed by atoms with Crippen LogP contribution < -0.4 is 17.2 Å². The van der Waals surface area contributed by atoms with Gasteiger partial charge in [-0.2, -0.15) is 0 Å². The summed E-state index contributed by atoms with van der Waals surface area (Å²) in [5, 5.41) is 0. The molecule has 0 aliphatic carbocycles. The van der Waals surface area contributed by atoms with Gasteiger partial charge in [0, 0.05) is 0 Å². The maximum absolute atomic E-state index is 11.6. The minimum Gasteiger partial charge on any atom is -0.397 e. The number of carbonyl (C=O) groups excluding carboxylic acids is 1. The first-order valence-electron chi connectivity index (χ1n) is 5.89. The van der Waals surface area contributed by atoms with E-state index in [0.29, 0.717) is 17.8 Å². The third kappa shape index (κ3) is 2.70. The molecule has 0 bridgehead atoms. The largest absolute Gasteiger partial charge is 0.397 e. The van der Waals surface area contributed by atoms with Crippen molar-refractivity contribution in [2.45, 2.75) is 33.1 Å². The van der Waals surface area contributed by atoms with Gasteiger partial charge in [-0.3, -0.25) is 4.79 Å². The second-order valence-electron chi connectivity index (χ2n) is 4.49. The Morgan fingerprint density at radius 2 is 1.76 bits per heavy atom. The summed E-state index contributed by atoms with van der Waals surface area (Å²) in [5.41, 5.74) is 18.6. The van der Waals surface area contributed by atoms with Gasteiger partial charge in [-0.25, -0.2) is 0 Å². The van der Waals surface area contributed by atoms with Gasteiger partial charge >= 0.3 is 0 Å². The van der Waals surface area contributed by atoms with Crippen molar-refractivity contribution < 1.29 is 4.79 Å². The molecule has 0 heterocycles. The lowest BCUT2D eigenvalue weighted by molar-refractivity contribution is -0.128. The van der Waals surface area contributed by atoms with Crippen LogP contribution in [0.5, 0.6) is 0 Å². The van der Waals surface area contributed by atoms with Crippen LogP contribution in [0.3, 0.4) is 0 Å². The molecule has 0 radical (unpaired) electrons. The Balaban J connectivity index is 3.01. The molecule has 0 aliphatic rings. The molecule has 1 amide bonds. The molecule has 0 aliphatic heterocycles. The van der Waals surface area contributed by atoms with Crippen LogP contribution in [0.25, 0.3) is 0 Å². The van der Waals surface area contributed by atoms with Crippen LogP contribution in [0.2, 0.25) is 0 Å². The summed E-state index contributed by atoms with van der Waals surface area (Å²) in [4.78, 5) is 11.6. The molecule has 0 saturated heterocycles. The topological polar surface area (TPSA) is 95.1 Å². The number of hydrogen-bond acceptors (Lipinski definition) is 3. The molecule has 1 rings (SSSR count). The van der Waals surface area contributed by atoms with Crippen LogP contribution in [0.1, 0.15) is 32.3 Å². The molecule has 6 N–H and O–H groups in total. The first kappa shape index (κ1) is 13.4. The summed E-state index contributed by atoms with van der Waals surface area (Å²) in [6.07, 6.45) is 2.06. The Bertz CT molecular complexity index is 411. The maximum atomic E-state index is 11.6. The first-order valence-corrected chi connectivity index (χ1v) is 5.89. The van der Waals surface area contributed by atoms with Gasteiger partial charge in [0.2, 0.25) is 5.91 Å². The van der Waals surface area contributed by atoms with E-state index in [1.807, 2.05) is 26.0 Å². The van der Waals surface area contributed by atoms with Crippen molar-refractivity contribution in [2.24, 2.45) is 11.1 Å². The Morgan fingerprint density at radius 3 is 2.18 bits per heavy atom. The van der Waals surface area contributed by atoms with E-state index in [0.717, 1.165) is 18.4 Å². The summed E-state index contributed by atoms with van der Waals surface area (Å²) in [6, 6.07) is 5.48. The quantitative estimate of drug-likeness (QED) is 0.677. The van der Waals surface area contributed by atoms with E-state index in [2.05, 4.69) is 0 Å². The van der Waals surface area contributed by atoms with Crippen molar-refractivity contribution in [1.29, 1.82) is 0 Å². The Morgan fingerprint density at radius 1 is 1.18 bits per heavy atom. The molecule has 4 nitrogen and oxygen atoms in total. The average molecular weight is 235 g/mol. The van der Waals surface area contributed by atoms with E-state index in [1.165, 1.54) is 0 Å². The minimum atomic E-state index is -0.484. The molecule has 4 heteroatoms. The van der Waals surface area contributed by atoms with E-state index in [4.69, 9.17) is 17.2 Å². The van der Waals surface area contributed by atoms with Gasteiger partial charge < -0.3 is 17.2 Å². The van der Waals surface area contributed by atoms with E-state index in [1.54, 1.807) is 6.07 Å². The van der Waals surface area contributed by atoms with E-state index < -0.39 is 5.41 Å². The van der Waals surface area contributed by atoms with Crippen molar-refractivity contribution >= 4 is 17.3 Å². The second-order valence-corrected chi connectivity index (χ2v) is 4.49. The molecule has 1 aromatic carbocycles. The summed E-state index contributed by atoms with van der Waals surface area (Å²) < 4.78 is 0. The highest BCUT2D eigenvalue weighted by Gasteiger charge is 2.32. The van der Waals surface area contributed by atoms with Gasteiger partial charge in [0.25, 0.3) is 0 Å². The number of nitrogens with two attached hydrogens (primary N) is 3. The normalized spacial score (nSPS) is 11.4. The van der Waals surface area contributed by atoms with E-state index in [-0.39, 0.29) is 5.91 Å². The zero-order chi connectivity index (χ0) is 13.1. The molecule has 0 atom stereocenters. The molecule has 94 valence electrons. The van der Waals surface area contributed by atoms with Crippen molar-refractivity contribution in [1.82, 2.24) is 0 Å². The molecule has 0 spiro atoms. The van der Waals surface area contributed by atoms with E-state index in [9.17, 15) is 4.79 Å². The number of rotatable bonds is 5. The van der Waals surface area contributed by atoms with Crippen molar-refractivity contribution in [3.63, 3.8) is 0 Å². The highest BCUT2D eigenvalue weighted by atomic mass is 16.1. The summed E-state index contributed by atoms with van der Waals surface area (Å²) in [7, 11) is 0. The number of amides is 1. The summed E-state index contributed by atoms with van der Waals surface area (Å²) in [6.45, 7) is 3.96. The summed E-state index contributed by atoms with van der Waals surface area (Å²) in [5.74, 6) is -0.252. The Kier molecular flexibility index (Phi) is 3.99. The van der Waals surface area contributed by atoms with Gasteiger partial charge in [0.05, 0.1) is 16.8 Å². The number of hydrogen-bond donors (Lipinski definition) is 3. The fourth-order valence-corrected chi connectivity index (χ4v) is 2.06. The van der Waals surface area contributed by atoms with Crippen molar-refractivity contribution in [3.8, 4) is 0 Å². The molecule has 17 heavy (non-hydrogen) atoms. The molecular formula is C13H21N3O. The SMILES string of the molecule is CCC(CC)(Cc1ccc(N)c(N)c1)C(N)=O. The lowest BCUT2D eigenvalue weighted by Crippen LogP contribution is -2.38. The lowest BCUT2D eigenvalue weighted by atomic mass is 9.76. The Hall–Kier alpha value is -1.71. The maximum Gasteiger partial charge on any atom is 0.223 e. The lowest BCUT2D eigenvalue weighted by Gasteiger charge is -2.28. The van der Waals surface area contributed by atoms with Crippen LogP contribution in [0.15, 0.2) is 18.2 Å². The molecule has 0 unspecified atom stereocenters. The zero-order valence-electron chi connectivity index (χ0n) is 10.5. The smallest absolute Gasteiger partial charge is 0.223 e. The average Bonchev–Trinajstić information content (AvgIpc) is 2.30. The van der Waals surface area contributed by atoms with Crippen molar-refractivity contribution in [2.75, 3.05) is 11.5 Å². The van der Waals surface area contributed by atoms with Crippen LogP contribution >= 0.6 is 0 Å². The summed E-state index contributed by atoms with van der Waals surface area (Å²) >= 11 is 0. The molecule has 0 saturated carbocycles. The number of nitrogen functional groups attached to an aromatic ring is 2. The third-order valence-electron chi connectivity index (χ3n) is 3.57. The molecule has 0 fully saturated rings. The number of carbonyl (C=O) groups is 1. The fourth-order valence-electron chi connectivity index (χ4n) is 2.06. The number of primary amides is 1. The molecule has 1 aromatic rings. The number of benzene rings is 1. The number of anilines is 2. The van der Waals surface area contributed by atoms with Crippen LogP contribution in [0, 0.1) is 5.41 Å². The standard InChI is InChI=1S/C13H21N3O/c1-3-13(4-2,12(16)17)8-9-5-6-10(14)11(15)7-9/h5-7H,3-4,8,14-15H2,1-2H3,(H2,16,17). The van der Waals surface area contributed by atoms with Crippen LogP contribution in [0.4, 0.5) is 11.4 Å². The van der Waals surface area contributed by atoms with E-state index >= 15 is 0 Å². The third-order valence-corrected chi connectivity index (χ3v) is 3.57. The monoisotopic (exact) mass is 235 g/mol. The highest BCUT2D eigenvalue weighted by Crippen LogP contribution is 2.31. The molecule has 0 aromatic heterocycles. The Labute approximate surface area is 102 Å². The fraction of sp³-hybridized carbons (Fsp3) is 0.462. The van der Waals surface area contributed by atoms with Gasteiger partial charge in [-0.1, -0.05) is 19.9 Å². The second kappa shape index (κ2) is 5.08. The van der Waals surface area contributed by atoms with Crippen LogP contribution in [-0.4, -0.2) is 5.91 Å². The van der Waals surface area contributed by atoms with Crippen LogP contribution in [-0.2, 0) is 11.2 Å². The van der Waals surface area contributed by atoms with Crippen molar-refractivity contribution in [3.05, 3.63) is 23.8 Å². The highest BCUT2D eigenvalue weighted by molar-refractivity contribution is 5.81. The van der Waals surface area contributed by atoms with Gasteiger partial charge in [-0.15, -0.1) is 0 Å². The first-order chi connectivity index (χ1) is 7.95. The minimum absolute atomic E-state index is 0.252. The zero-order valence-corrected chi connectivity index (χ0v) is 10.5.